The standard InChI is InChI=1S/C24H26N4O4S/c1-3-4-18-16-26-23(17-25-18)27-12-9-20(10-13-27)32-21-11-14-28(24(29)15-21)19-5-7-22(8-6-19)33(2,30)31/h3-8,11,14-17,20H,9-10,12-13H2,1-2H3/b4-3-. The van der Waals surface area contributed by atoms with Gasteiger partial charge in [0.05, 0.1) is 23.0 Å². The molecule has 0 saturated carbocycles. The summed E-state index contributed by atoms with van der Waals surface area (Å²) in [7, 11) is -3.28. The molecule has 1 aromatic carbocycles. The van der Waals surface area contributed by atoms with Gasteiger partial charge in [-0.05, 0) is 43.3 Å². The third-order valence-electron chi connectivity index (χ3n) is 5.50. The molecule has 2 aromatic heterocycles. The number of ether oxygens (including phenoxy) is 1. The number of nitrogens with zero attached hydrogens (tertiary/aromatic N) is 4. The second kappa shape index (κ2) is 9.58. The number of sulfone groups is 1. The summed E-state index contributed by atoms with van der Waals surface area (Å²) in [6.45, 7) is 3.54. The zero-order valence-corrected chi connectivity index (χ0v) is 19.4. The number of hydrogen-bond acceptors (Lipinski definition) is 7. The molecule has 3 aromatic rings. The monoisotopic (exact) mass is 466 g/mol. The van der Waals surface area contributed by atoms with E-state index in [-0.39, 0.29) is 16.6 Å². The van der Waals surface area contributed by atoms with E-state index in [4.69, 9.17) is 4.74 Å². The van der Waals surface area contributed by atoms with Crippen molar-refractivity contribution in [3.8, 4) is 11.4 Å². The van der Waals surface area contributed by atoms with Crippen molar-refractivity contribution in [2.24, 2.45) is 0 Å². The number of pyridine rings is 1. The number of piperidine rings is 1. The molecule has 0 amide bonds. The molecule has 0 N–H and O–H groups in total. The van der Waals surface area contributed by atoms with Crippen LogP contribution in [0, 0.1) is 0 Å². The summed E-state index contributed by atoms with van der Waals surface area (Å²) in [5.41, 5.74) is 1.18. The fourth-order valence-electron chi connectivity index (χ4n) is 3.75. The van der Waals surface area contributed by atoms with Gasteiger partial charge in [0.15, 0.2) is 9.84 Å². The van der Waals surface area contributed by atoms with Gasteiger partial charge in [-0.15, -0.1) is 0 Å². The first kappa shape index (κ1) is 22.7. The highest BCUT2D eigenvalue weighted by molar-refractivity contribution is 7.90. The Morgan fingerprint density at radius 2 is 1.79 bits per heavy atom. The highest BCUT2D eigenvalue weighted by Gasteiger charge is 2.22. The lowest BCUT2D eigenvalue weighted by Gasteiger charge is -2.32. The Bertz CT molecular complexity index is 1290. The Balaban J connectivity index is 1.37. The second-order valence-electron chi connectivity index (χ2n) is 7.94. The van der Waals surface area contributed by atoms with E-state index in [0.717, 1.165) is 43.7 Å². The number of aromatic nitrogens is 3. The molecule has 4 rings (SSSR count). The van der Waals surface area contributed by atoms with E-state index in [1.165, 1.54) is 22.8 Å². The Hall–Kier alpha value is -3.46. The van der Waals surface area contributed by atoms with Crippen LogP contribution >= 0.6 is 0 Å². The number of hydrogen-bond donors (Lipinski definition) is 0. The molecule has 8 nitrogen and oxygen atoms in total. The van der Waals surface area contributed by atoms with E-state index in [1.807, 2.05) is 19.1 Å². The number of allylic oxidation sites excluding steroid dienone is 1. The molecule has 1 fully saturated rings. The smallest absolute Gasteiger partial charge is 0.258 e. The topological polar surface area (TPSA) is 94.4 Å². The summed E-state index contributed by atoms with van der Waals surface area (Å²) in [5.74, 6) is 1.38. The van der Waals surface area contributed by atoms with Gasteiger partial charge in [-0.2, -0.15) is 0 Å². The van der Waals surface area contributed by atoms with Crippen LogP contribution in [0.3, 0.4) is 0 Å². The number of benzene rings is 1. The highest BCUT2D eigenvalue weighted by Crippen LogP contribution is 2.22. The van der Waals surface area contributed by atoms with Crippen LogP contribution in [0.25, 0.3) is 11.8 Å². The van der Waals surface area contributed by atoms with E-state index < -0.39 is 9.84 Å². The molecule has 0 atom stereocenters. The first-order valence-electron chi connectivity index (χ1n) is 10.7. The van der Waals surface area contributed by atoms with Crippen LogP contribution < -0.4 is 15.2 Å². The fraction of sp³-hybridized carbons (Fsp3) is 0.292. The number of rotatable bonds is 6. The normalized spacial score (nSPS) is 15.2. The maximum Gasteiger partial charge on any atom is 0.258 e. The van der Waals surface area contributed by atoms with Gasteiger partial charge in [-0.25, -0.2) is 13.4 Å². The quantitative estimate of drug-likeness (QED) is 0.551. The molecule has 9 heteroatoms. The lowest BCUT2D eigenvalue weighted by atomic mass is 10.1. The summed E-state index contributed by atoms with van der Waals surface area (Å²) in [6, 6.07) is 9.43. The first-order valence-corrected chi connectivity index (χ1v) is 12.6. The Morgan fingerprint density at radius 3 is 2.36 bits per heavy atom. The van der Waals surface area contributed by atoms with E-state index >= 15 is 0 Å². The summed E-state index contributed by atoms with van der Waals surface area (Å²) < 4.78 is 30.8. The molecular weight excluding hydrogens is 440 g/mol. The molecule has 33 heavy (non-hydrogen) atoms. The maximum atomic E-state index is 12.6. The van der Waals surface area contributed by atoms with Gasteiger partial charge < -0.3 is 9.64 Å². The molecule has 0 aliphatic carbocycles. The molecule has 0 spiro atoms. The van der Waals surface area contributed by atoms with Crippen LogP contribution in [0.2, 0.25) is 0 Å². The Labute approximate surface area is 193 Å². The lowest BCUT2D eigenvalue weighted by Crippen LogP contribution is -2.38. The van der Waals surface area contributed by atoms with Crippen LogP contribution in [0.4, 0.5) is 5.82 Å². The molecule has 0 unspecified atom stereocenters. The van der Waals surface area contributed by atoms with E-state index in [2.05, 4.69) is 14.9 Å². The van der Waals surface area contributed by atoms with Gasteiger partial charge in [0, 0.05) is 50.1 Å². The summed E-state index contributed by atoms with van der Waals surface area (Å²) >= 11 is 0. The summed E-state index contributed by atoms with van der Waals surface area (Å²) in [4.78, 5) is 23.9. The van der Waals surface area contributed by atoms with E-state index in [9.17, 15) is 13.2 Å². The van der Waals surface area contributed by atoms with Gasteiger partial charge in [0.2, 0.25) is 0 Å². The third kappa shape index (κ3) is 5.48. The second-order valence-corrected chi connectivity index (χ2v) is 9.96. The van der Waals surface area contributed by atoms with Crippen molar-refractivity contribution in [2.75, 3.05) is 24.2 Å². The molecule has 0 radical (unpaired) electrons. The number of anilines is 1. The largest absolute Gasteiger partial charge is 0.490 e. The Kier molecular flexibility index (Phi) is 6.60. The summed E-state index contributed by atoms with van der Waals surface area (Å²) in [6.07, 6.45) is 11.8. The van der Waals surface area contributed by atoms with Crippen molar-refractivity contribution in [3.05, 3.63) is 77.1 Å². The van der Waals surface area contributed by atoms with Crippen LogP contribution in [-0.2, 0) is 9.84 Å². The van der Waals surface area contributed by atoms with Crippen molar-refractivity contribution in [3.63, 3.8) is 0 Å². The van der Waals surface area contributed by atoms with Gasteiger partial charge >= 0.3 is 0 Å². The van der Waals surface area contributed by atoms with Gasteiger partial charge in [-0.1, -0.05) is 6.08 Å². The van der Waals surface area contributed by atoms with Crippen LogP contribution in [0.15, 0.2) is 70.8 Å². The zero-order valence-electron chi connectivity index (χ0n) is 18.6. The van der Waals surface area contributed by atoms with Crippen molar-refractivity contribution in [1.29, 1.82) is 0 Å². The van der Waals surface area contributed by atoms with Crippen molar-refractivity contribution < 1.29 is 13.2 Å². The van der Waals surface area contributed by atoms with E-state index in [1.54, 1.807) is 36.8 Å². The zero-order chi connectivity index (χ0) is 23.4. The first-order chi connectivity index (χ1) is 15.8. The molecule has 0 bridgehead atoms. The molecule has 1 aliphatic rings. The minimum absolute atomic E-state index is 0.0146. The average molecular weight is 467 g/mol. The third-order valence-corrected chi connectivity index (χ3v) is 6.63. The minimum Gasteiger partial charge on any atom is -0.490 e. The Morgan fingerprint density at radius 1 is 1.06 bits per heavy atom. The van der Waals surface area contributed by atoms with Crippen LogP contribution in [0.5, 0.6) is 5.75 Å². The van der Waals surface area contributed by atoms with E-state index in [0.29, 0.717) is 11.4 Å². The van der Waals surface area contributed by atoms with Gasteiger partial charge in [0.25, 0.3) is 5.56 Å². The lowest BCUT2D eigenvalue weighted by molar-refractivity contribution is 0.170. The molecule has 1 saturated heterocycles. The summed E-state index contributed by atoms with van der Waals surface area (Å²) in [5, 5.41) is 0. The molecular formula is C24H26N4O4S. The molecule has 172 valence electrons. The van der Waals surface area contributed by atoms with Crippen LogP contribution in [0.1, 0.15) is 25.5 Å². The molecule has 3 heterocycles. The predicted molar refractivity (Wildman–Crippen MR) is 128 cm³/mol. The highest BCUT2D eigenvalue weighted by atomic mass is 32.2. The minimum atomic E-state index is -3.28. The fourth-order valence-corrected chi connectivity index (χ4v) is 4.38. The van der Waals surface area contributed by atoms with Crippen molar-refractivity contribution >= 4 is 21.7 Å². The van der Waals surface area contributed by atoms with Gasteiger partial charge in [-0.3, -0.25) is 14.3 Å². The SMILES string of the molecule is C/C=C\c1cnc(N2CCC(Oc3ccn(-c4ccc(S(C)(=O)=O)cc4)c(=O)c3)CC2)cn1. The van der Waals surface area contributed by atoms with Crippen molar-refractivity contribution in [2.45, 2.75) is 30.8 Å². The van der Waals surface area contributed by atoms with Crippen LogP contribution in [-0.4, -0.2) is 48.4 Å². The van der Waals surface area contributed by atoms with Crippen molar-refractivity contribution in [1.82, 2.24) is 14.5 Å². The van der Waals surface area contributed by atoms with Gasteiger partial charge in [0.1, 0.15) is 17.7 Å². The average Bonchev–Trinajstić information content (AvgIpc) is 2.80. The maximum absolute atomic E-state index is 12.6. The molecule has 1 aliphatic heterocycles. The predicted octanol–water partition coefficient (Wildman–Crippen LogP) is 3.11.